The zero-order valence-electron chi connectivity index (χ0n) is 10.7. The van der Waals surface area contributed by atoms with Gasteiger partial charge in [0, 0.05) is 10.6 Å². The van der Waals surface area contributed by atoms with Gasteiger partial charge in [0.05, 0.1) is 11.1 Å². The van der Waals surface area contributed by atoms with Crippen molar-refractivity contribution in [3.63, 3.8) is 0 Å². The average Bonchev–Trinajstić information content (AvgIpc) is 2.24. The van der Waals surface area contributed by atoms with E-state index < -0.39 is 0 Å². The molecule has 1 rings (SSSR count). The molecule has 0 bridgehead atoms. The minimum absolute atomic E-state index is 0.254. The van der Waals surface area contributed by atoms with Crippen molar-refractivity contribution in [2.24, 2.45) is 5.41 Å². The predicted octanol–water partition coefficient (Wildman–Crippen LogP) is 4.62. The summed E-state index contributed by atoms with van der Waals surface area (Å²) < 4.78 is 0. The second kappa shape index (κ2) is 6.67. The summed E-state index contributed by atoms with van der Waals surface area (Å²) in [7, 11) is 0. The number of thioether (sulfide) groups is 1. The predicted molar refractivity (Wildman–Crippen MR) is 76.9 cm³/mol. The van der Waals surface area contributed by atoms with Gasteiger partial charge in [0.25, 0.3) is 0 Å². The molecule has 0 saturated heterocycles. The molecule has 0 aromatic heterocycles. The van der Waals surface area contributed by atoms with Crippen LogP contribution in [0.4, 0.5) is 0 Å². The van der Waals surface area contributed by atoms with Gasteiger partial charge in [0.15, 0.2) is 0 Å². The molecule has 1 N–H and O–H groups in total. The van der Waals surface area contributed by atoms with Crippen LogP contribution >= 0.6 is 23.4 Å². The van der Waals surface area contributed by atoms with E-state index in [1.807, 2.05) is 24.3 Å². The van der Waals surface area contributed by atoms with Crippen molar-refractivity contribution >= 4 is 23.4 Å². The van der Waals surface area contributed by atoms with Crippen LogP contribution in [0.1, 0.15) is 33.6 Å². The fourth-order valence-corrected chi connectivity index (χ4v) is 2.65. The number of halogens is 1. The van der Waals surface area contributed by atoms with Crippen LogP contribution < -0.4 is 0 Å². The minimum Gasteiger partial charge on any atom is -0.392 e. The minimum atomic E-state index is -0.254. The van der Waals surface area contributed by atoms with E-state index in [0.717, 1.165) is 22.8 Å². The maximum Gasteiger partial charge on any atom is 0.0634 e. The Morgan fingerprint density at radius 3 is 2.53 bits per heavy atom. The van der Waals surface area contributed by atoms with Gasteiger partial charge in [0.1, 0.15) is 0 Å². The van der Waals surface area contributed by atoms with E-state index in [1.165, 1.54) is 0 Å². The fourth-order valence-electron chi connectivity index (χ4n) is 1.43. The van der Waals surface area contributed by atoms with Crippen molar-refractivity contribution in [3.05, 3.63) is 29.3 Å². The molecule has 1 aromatic rings. The lowest BCUT2D eigenvalue weighted by atomic mass is 9.89. The van der Waals surface area contributed by atoms with Crippen LogP contribution in [-0.2, 0) is 0 Å². The molecule has 0 radical (unpaired) electrons. The van der Waals surface area contributed by atoms with Gasteiger partial charge in [-0.05, 0) is 30.4 Å². The highest BCUT2D eigenvalue weighted by molar-refractivity contribution is 7.99. The molecule has 0 saturated carbocycles. The van der Waals surface area contributed by atoms with E-state index >= 15 is 0 Å². The number of rotatable bonds is 5. The highest BCUT2D eigenvalue weighted by Crippen LogP contribution is 2.28. The first-order valence-electron chi connectivity index (χ1n) is 5.94. The zero-order valence-corrected chi connectivity index (χ0v) is 12.3. The topological polar surface area (TPSA) is 20.2 Å². The number of hydrogen-bond donors (Lipinski definition) is 1. The van der Waals surface area contributed by atoms with E-state index in [2.05, 4.69) is 20.8 Å². The van der Waals surface area contributed by atoms with Crippen LogP contribution in [0.5, 0.6) is 0 Å². The third-order valence-electron chi connectivity index (χ3n) is 2.50. The van der Waals surface area contributed by atoms with Crippen molar-refractivity contribution in [1.29, 1.82) is 0 Å². The summed E-state index contributed by atoms with van der Waals surface area (Å²) in [4.78, 5) is 1.05. The number of aliphatic hydroxyl groups is 1. The van der Waals surface area contributed by atoms with Crippen molar-refractivity contribution in [3.8, 4) is 0 Å². The second-order valence-electron chi connectivity index (χ2n) is 5.49. The van der Waals surface area contributed by atoms with Crippen molar-refractivity contribution in [1.82, 2.24) is 0 Å². The maximum absolute atomic E-state index is 9.90. The normalized spacial score (nSPS) is 13.7. The van der Waals surface area contributed by atoms with Crippen molar-refractivity contribution in [2.75, 3.05) is 5.75 Å². The van der Waals surface area contributed by atoms with Crippen LogP contribution in [0.15, 0.2) is 29.2 Å². The lowest BCUT2D eigenvalue weighted by Gasteiger charge is -2.20. The highest BCUT2D eigenvalue weighted by Gasteiger charge is 2.14. The van der Waals surface area contributed by atoms with Gasteiger partial charge < -0.3 is 5.11 Å². The average molecular weight is 273 g/mol. The largest absolute Gasteiger partial charge is 0.392 e. The molecule has 1 aromatic carbocycles. The molecule has 1 nitrogen and oxygen atoms in total. The summed E-state index contributed by atoms with van der Waals surface area (Å²) in [5, 5.41) is 10.7. The molecule has 0 amide bonds. The summed E-state index contributed by atoms with van der Waals surface area (Å²) in [6.07, 6.45) is 1.63. The first kappa shape index (κ1) is 14.9. The van der Waals surface area contributed by atoms with Gasteiger partial charge >= 0.3 is 0 Å². The first-order valence-corrected chi connectivity index (χ1v) is 7.30. The van der Waals surface area contributed by atoms with Gasteiger partial charge in [-0.15, -0.1) is 11.8 Å². The Kier molecular flexibility index (Phi) is 5.84. The molecule has 0 aliphatic carbocycles. The lowest BCUT2D eigenvalue weighted by Crippen LogP contribution is -2.14. The molecule has 1 unspecified atom stereocenters. The molecule has 0 aliphatic heterocycles. The molecule has 3 heteroatoms. The molecular formula is C14H21ClOS. The van der Waals surface area contributed by atoms with Crippen LogP contribution in [0.2, 0.25) is 5.02 Å². The number of aliphatic hydroxyl groups excluding tert-OH is 1. The number of hydrogen-bond acceptors (Lipinski definition) is 2. The summed E-state index contributed by atoms with van der Waals surface area (Å²) >= 11 is 7.68. The van der Waals surface area contributed by atoms with Crippen LogP contribution in [-0.4, -0.2) is 17.0 Å². The third-order valence-corrected chi connectivity index (χ3v) is 4.16. The van der Waals surface area contributed by atoms with Gasteiger partial charge in [-0.3, -0.25) is 0 Å². The quantitative estimate of drug-likeness (QED) is 0.790. The van der Waals surface area contributed by atoms with Crippen molar-refractivity contribution < 1.29 is 5.11 Å². The molecule has 0 spiro atoms. The van der Waals surface area contributed by atoms with Gasteiger partial charge in [0.2, 0.25) is 0 Å². The van der Waals surface area contributed by atoms with Gasteiger partial charge in [-0.25, -0.2) is 0 Å². The molecule has 17 heavy (non-hydrogen) atoms. The Morgan fingerprint density at radius 1 is 1.29 bits per heavy atom. The van der Waals surface area contributed by atoms with E-state index in [1.54, 1.807) is 11.8 Å². The number of benzene rings is 1. The molecule has 96 valence electrons. The fraction of sp³-hybridized carbons (Fsp3) is 0.571. The smallest absolute Gasteiger partial charge is 0.0634 e. The Morgan fingerprint density at radius 2 is 1.94 bits per heavy atom. The van der Waals surface area contributed by atoms with Gasteiger partial charge in [-0.2, -0.15) is 0 Å². The summed E-state index contributed by atoms with van der Waals surface area (Å²) in [5.41, 5.74) is 0.288. The van der Waals surface area contributed by atoms with Crippen LogP contribution in [0.3, 0.4) is 0 Å². The Hall–Kier alpha value is -0.180. The zero-order chi connectivity index (χ0) is 12.9. The van der Waals surface area contributed by atoms with Gasteiger partial charge in [-0.1, -0.05) is 44.5 Å². The maximum atomic E-state index is 9.90. The van der Waals surface area contributed by atoms with Crippen LogP contribution in [0.25, 0.3) is 0 Å². The molecule has 0 heterocycles. The lowest BCUT2D eigenvalue weighted by molar-refractivity contribution is 0.167. The first-order chi connectivity index (χ1) is 7.88. The van der Waals surface area contributed by atoms with E-state index in [9.17, 15) is 5.11 Å². The van der Waals surface area contributed by atoms with E-state index in [0.29, 0.717) is 5.75 Å². The summed E-state index contributed by atoms with van der Waals surface area (Å²) in [5.74, 6) is 0.708. The van der Waals surface area contributed by atoms with E-state index in [-0.39, 0.29) is 11.5 Å². The SMILES string of the molecule is CC(C)(C)CCC(O)CSc1ccccc1Cl. The Balaban J connectivity index is 2.34. The standard InChI is InChI=1S/C14H21ClOS/c1-14(2,3)9-8-11(16)10-17-13-7-5-4-6-12(13)15/h4-7,11,16H,8-10H2,1-3H3. The van der Waals surface area contributed by atoms with Crippen LogP contribution in [0, 0.1) is 5.41 Å². The highest BCUT2D eigenvalue weighted by atomic mass is 35.5. The Bertz CT molecular complexity index is 346. The summed E-state index contributed by atoms with van der Waals surface area (Å²) in [6.45, 7) is 6.59. The molecule has 0 aliphatic rings. The molecule has 1 atom stereocenters. The molecular weight excluding hydrogens is 252 g/mol. The van der Waals surface area contributed by atoms with E-state index in [4.69, 9.17) is 11.6 Å². The monoisotopic (exact) mass is 272 g/mol. The third kappa shape index (κ3) is 6.35. The van der Waals surface area contributed by atoms with Crippen molar-refractivity contribution in [2.45, 2.75) is 44.6 Å². The molecule has 0 fully saturated rings. The Labute approximate surface area is 114 Å². The summed E-state index contributed by atoms with van der Waals surface area (Å²) in [6, 6.07) is 7.76. The second-order valence-corrected chi connectivity index (χ2v) is 6.96.